The minimum atomic E-state index is 0.234. The monoisotopic (exact) mass is 354 g/mol. The third kappa shape index (κ3) is 2.82. The van der Waals surface area contributed by atoms with Crippen molar-refractivity contribution in [1.29, 1.82) is 0 Å². The van der Waals surface area contributed by atoms with E-state index in [1.54, 1.807) is 11.3 Å². The number of hydrogen-bond donors (Lipinski definition) is 1. The highest BCUT2D eigenvalue weighted by atomic mass is 79.9. The summed E-state index contributed by atoms with van der Waals surface area (Å²) in [5, 5.41) is 4.59. The van der Waals surface area contributed by atoms with Crippen LogP contribution in [0.1, 0.15) is 28.4 Å². The molecule has 0 amide bonds. The Hall–Kier alpha value is -1.11. The van der Waals surface area contributed by atoms with Crippen LogP contribution in [0.3, 0.4) is 0 Å². The van der Waals surface area contributed by atoms with Crippen molar-refractivity contribution in [2.75, 3.05) is 6.79 Å². The van der Waals surface area contributed by atoms with Gasteiger partial charge in [0.25, 0.3) is 0 Å². The van der Waals surface area contributed by atoms with Crippen LogP contribution in [0, 0.1) is 6.92 Å². The maximum absolute atomic E-state index is 5.42. The van der Waals surface area contributed by atoms with Crippen molar-refractivity contribution in [3.63, 3.8) is 0 Å². The molecule has 4 nitrogen and oxygen atoms in total. The lowest BCUT2D eigenvalue weighted by molar-refractivity contribution is 0.173. The highest BCUT2D eigenvalue weighted by Crippen LogP contribution is 2.40. The average molecular weight is 355 g/mol. The van der Waals surface area contributed by atoms with Crippen LogP contribution in [0.15, 0.2) is 22.8 Å². The number of thiazole rings is 1. The fraction of sp³-hybridized carbons (Fsp3) is 0.357. The number of ether oxygens (including phenoxy) is 2. The topological polar surface area (TPSA) is 43.4 Å². The zero-order valence-corrected chi connectivity index (χ0v) is 13.7. The first-order chi connectivity index (χ1) is 9.63. The quantitative estimate of drug-likeness (QED) is 0.906. The van der Waals surface area contributed by atoms with E-state index in [0.717, 1.165) is 33.1 Å². The Labute approximate surface area is 130 Å². The number of aryl methyl sites for hydroxylation is 1. The van der Waals surface area contributed by atoms with Crippen molar-refractivity contribution in [1.82, 2.24) is 10.3 Å². The molecule has 2 heterocycles. The molecule has 0 aliphatic carbocycles. The molecule has 1 aliphatic heterocycles. The van der Waals surface area contributed by atoms with E-state index in [1.165, 1.54) is 4.88 Å². The van der Waals surface area contributed by atoms with Crippen molar-refractivity contribution in [2.24, 2.45) is 0 Å². The zero-order chi connectivity index (χ0) is 14.1. The maximum Gasteiger partial charge on any atom is 0.231 e. The molecule has 20 heavy (non-hydrogen) atoms. The summed E-state index contributed by atoms with van der Waals surface area (Å²) in [7, 11) is 0. The Balaban J connectivity index is 1.68. The number of benzene rings is 1. The maximum atomic E-state index is 5.42. The molecule has 0 saturated carbocycles. The second-order valence-corrected chi connectivity index (χ2v) is 6.84. The molecule has 3 rings (SSSR count). The van der Waals surface area contributed by atoms with Gasteiger partial charge in [0.05, 0.1) is 10.5 Å². The average Bonchev–Trinajstić information content (AvgIpc) is 3.04. The second-order valence-electron chi connectivity index (χ2n) is 4.72. The number of nitrogens with zero attached hydrogens (tertiary/aromatic N) is 1. The standard InChI is InChI=1S/C14H15BrN2O2S/c1-8-5-17-14(20-8)9(2)16-6-10-3-11(15)13-12(4-10)18-7-19-13/h3-5,9,16H,6-7H2,1-2H3. The normalized spacial score (nSPS) is 14.6. The third-order valence-electron chi connectivity index (χ3n) is 3.11. The van der Waals surface area contributed by atoms with Crippen LogP contribution in [0.5, 0.6) is 11.5 Å². The third-order valence-corrected chi connectivity index (χ3v) is 4.79. The molecule has 0 spiro atoms. The van der Waals surface area contributed by atoms with E-state index >= 15 is 0 Å². The van der Waals surface area contributed by atoms with Gasteiger partial charge < -0.3 is 14.8 Å². The molecule has 6 heteroatoms. The smallest absolute Gasteiger partial charge is 0.231 e. The minimum Gasteiger partial charge on any atom is -0.454 e. The summed E-state index contributed by atoms with van der Waals surface area (Å²) in [6.07, 6.45) is 1.91. The van der Waals surface area contributed by atoms with Crippen LogP contribution in [0.4, 0.5) is 0 Å². The van der Waals surface area contributed by atoms with Crippen LogP contribution < -0.4 is 14.8 Å². The van der Waals surface area contributed by atoms with Gasteiger partial charge in [-0.05, 0) is 47.5 Å². The molecular formula is C14H15BrN2O2S. The molecule has 0 fully saturated rings. The molecule has 2 aromatic rings. The van der Waals surface area contributed by atoms with Crippen molar-refractivity contribution >= 4 is 27.3 Å². The molecule has 0 radical (unpaired) electrons. The summed E-state index contributed by atoms with van der Waals surface area (Å²) in [5.41, 5.74) is 1.15. The summed E-state index contributed by atoms with van der Waals surface area (Å²) >= 11 is 5.24. The lowest BCUT2D eigenvalue weighted by Gasteiger charge is -2.12. The Bertz CT molecular complexity index is 630. The molecule has 1 aromatic heterocycles. The molecule has 1 unspecified atom stereocenters. The summed E-state index contributed by atoms with van der Waals surface area (Å²) < 4.78 is 11.7. The lowest BCUT2D eigenvalue weighted by Crippen LogP contribution is -2.17. The fourth-order valence-corrected chi connectivity index (χ4v) is 3.46. The SMILES string of the molecule is Cc1cnc(C(C)NCc2cc(Br)c3c(c2)OCO3)s1. The lowest BCUT2D eigenvalue weighted by atomic mass is 10.2. The van der Waals surface area contributed by atoms with Crippen molar-refractivity contribution < 1.29 is 9.47 Å². The van der Waals surface area contributed by atoms with E-state index in [-0.39, 0.29) is 6.04 Å². The van der Waals surface area contributed by atoms with Gasteiger partial charge in [-0.15, -0.1) is 11.3 Å². The number of nitrogens with one attached hydrogen (secondary N) is 1. The summed E-state index contributed by atoms with van der Waals surface area (Å²) in [5.74, 6) is 1.59. The van der Waals surface area contributed by atoms with Gasteiger partial charge in [-0.2, -0.15) is 0 Å². The number of fused-ring (bicyclic) bond motifs is 1. The summed E-state index contributed by atoms with van der Waals surface area (Å²) in [6, 6.07) is 4.30. The van der Waals surface area contributed by atoms with Gasteiger partial charge in [-0.1, -0.05) is 0 Å². The van der Waals surface area contributed by atoms with E-state index in [0.29, 0.717) is 6.79 Å². The Morgan fingerprint density at radius 2 is 2.30 bits per heavy atom. The Kier molecular flexibility index (Phi) is 3.96. The van der Waals surface area contributed by atoms with E-state index < -0.39 is 0 Å². The van der Waals surface area contributed by atoms with Crippen molar-refractivity contribution in [3.8, 4) is 11.5 Å². The highest BCUT2D eigenvalue weighted by molar-refractivity contribution is 9.10. The number of aromatic nitrogens is 1. The van der Waals surface area contributed by atoms with Gasteiger partial charge in [-0.25, -0.2) is 4.98 Å². The van der Waals surface area contributed by atoms with Crippen molar-refractivity contribution in [3.05, 3.63) is 38.3 Å². The number of rotatable bonds is 4. The van der Waals surface area contributed by atoms with Gasteiger partial charge in [0.15, 0.2) is 11.5 Å². The molecular weight excluding hydrogens is 340 g/mol. The van der Waals surface area contributed by atoms with Crippen LogP contribution in [0.25, 0.3) is 0 Å². The predicted molar refractivity (Wildman–Crippen MR) is 82.4 cm³/mol. The summed E-state index contributed by atoms with van der Waals surface area (Å²) in [4.78, 5) is 5.64. The first kappa shape index (κ1) is 13.9. The van der Waals surface area contributed by atoms with Gasteiger partial charge in [-0.3, -0.25) is 0 Å². The molecule has 1 atom stereocenters. The fourth-order valence-electron chi connectivity index (χ4n) is 2.05. The van der Waals surface area contributed by atoms with E-state index in [9.17, 15) is 0 Å². The molecule has 1 aromatic carbocycles. The number of halogens is 1. The van der Waals surface area contributed by atoms with E-state index in [1.807, 2.05) is 12.3 Å². The largest absolute Gasteiger partial charge is 0.454 e. The van der Waals surface area contributed by atoms with Gasteiger partial charge in [0, 0.05) is 17.6 Å². The van der Waals surface area contributed by atoms with Gasteiger partial charge >= 0.3 is 0 Å². The highest BCUT2D eigenvalue weighted by Gasteiger charge is 2.18. The zero-order valence-electron chi connectivity index (χ0n) is 11.3. The van der Waals surface area contributed by atoms with Crippen LogP contribution in [-0.4, -0.2) is 11.8 Å². The second kappa shape index (κ2) is 5.71. The van der Waals surface area contributed by atoms with Crippen LogP contribution >= 0.6 is 27.3 Å². The Morgan fingerprint density at radius 1 is 1.45 bits per heavy atom. The number of hydrogen-bond acceptors (Lipinski definition) is 5. The first-order valence-corrected chi connectivity index (χ1v) is 7.98. The van der Waals surface area contributed by atoms with Crippen molar-refractivity contribution in [2.45, 2.75) is 26.4 Å². The van der Waals surface area contributed by atoms with Crippen LogP contribution in [-0.2, 0) is 6.54 Å². The first-order valence-electron chi connectivity index (χ1n) is 6.37. The molecule has 1 N–H and O–H groups in total. The molecule has 106 valence electrons. The summed E-state index contributed by atoms with van der Waals surface area (Å²) in [6.45, 7) is 5.25. The van der Waals surface area contributed by atoms with Crippen LogP contribution in [0.2, 0.25) is 0 Å². The Morgan fingerprint density at radius 3 is 3.05 bits per heavy atom. The van der Waals surface area contributed by atoms with E-state index in [2.05, 4.69) is 46.1 Å². The minimum absolute atomic E-state index is 0.234. The molecule has 0 bridgehead atoms. The molecule has 1 aliphatic rings. The molecule has 0 saturated heterocycles. The van der Waals surface area contributed by atoms with Gasteiger partial charge in [0.1, 0.15) is 5.01 Å². The van der Waals surface area contributed by atoms with E-state index in [4.69, 9.17) is 9.47 Å². The predicted octanol–water partition coefficient (Wildman–Crippen LogP) is 3.79. The van der Waals surface area contributed by atoms with Gasteiger partial charge in [0.2, 0.25) is 6.79 Å².